The van der Waals surface area contributed by atoms with Gasteiger partial charge in [-0.2, -0.15) is 5.10 Å². The number of nitrogens with zero attached hydrogens (tertiary/aromatic N) is 3. The molecule has 4 aromatic rings. The predicted octanol–water partition coefficient (Wildman–Crippen LogP) is 7.16. The predicted molar refractivity (Wildman–Crippen MR) is 162 cm³/mol. The largest absolute Gasteiger partial charge is 0.455 e. The highest BCUT2D eigenvalue weighted by Crippen LogP contribution is 2.31. The SMILES string of the molecule is O=C(CC1S/C(=N\N=C\c2ccc(-c3ccccc3Cl)o2)N(CCc2ccccc2)C1=O)Nc1ccc(Cl)cc1. The Balaban J connectivity index is 1.30. The van der Waals surface area contributed by atoms with Gasteiger partial charge in [-0.15, -0.1) is 5.10 Å². The number of amidine groups is 1. The van der Waals surface area contributed by atoms with Crippen molar-refractivity contribution in [1.29, 1.82) is 0 Å². The highest BCUT2D eigenvalue weighted by Gasteiger charge is 2.39. The molecule has 1 N–H and O–H groups in total. The number of benzene rings is 3. The monoisotopic (exact) mass is 590 g/mol. The molecule has 1 aliphatic heterocycles. The Bertz CT molecular complexity index is 1550. The van der Waals surface area contributed by atoms with Crippen molar-refractivity contribution in [2.45, 2.75) is 18.1 Å². The molecule has 1 aliphatic rings. The number of carbonyl (C=O) groups is 2. The van der Waals surface area contributed by atoms with Gasteiger partial charge in [-0.05, 0) is 60.5 Å². The molecule has 1 fully saturated rings. The molecule has 3 aromatic carbocycles. The third-order valence-electron chi connectivity index (χ3n) is 6.08. The molecule has 5 rings (SSSR count). The van der Waals surface area contributed by atoms with Gasteiger partial charge in [0.05, 0.1) is 11.2 Å². The molecule has 0 bridgehead atoms. The first-order chi connectivity index (χ1) is 19.5. The fourth-order valence-corrected chi connectivity index (χ4v) is 5.56. The first-order valence-electron chi connectivity index (χ1n) is 12.5. The number of carbonyl (C=O) groups excluding carboxylic acids is 2. The van der Waals surface area contributed by atoms with Crippen molar-refractivity contribution < 1.29 is 14.0 Å². The van der Waals surface area contributed by atoms with Crippen LogP contribution >= 0.6 is 35.0 Å². The van der Waals surface area contributed by atoms with Gasteiger partial charge in [0.25, 0.3) is 0 Å². The summed E-state index contributed by atoms with van der Waals surface area (Å²) in [6.07, 6.45) is 2.11. The van der Waals surface area contributed by atoms with Crippen molar-refractivity contribution in [2.24, 2.45) is 10.2 Å². The van der Waals surface area contributed by atoms with Crippen LogP contribution in [-0.4, -0.2) is 39.9 Å². The number of anilines is 1. The molecular formula is C30H24Cl2N4O3S. The third-order valence-corrected chi connectivity index (χ3v) is 7.83. The van der Waals surface area contributed by atoms with Crippen molar-refractivity contribution in [1.82, 2.24) is 4.90 Å². The number of hydrogen-bond donors (Lipinski definition) is 1. The Kier molecular flexibility index (Phi) is 9.01. The van der Waals surface area contributed by atoms with Crippen LogP contribution in [0.2, 0.25) is 10.0 Å². The summed E-state index contributed by atoms with van der Waals surface area (Å²) in [5.74, 6) is 0.647. The van der Waals surface area contributed by atoms with E-state index in [9.17, 15) is 9.59 Å². The highest BCUT2D eigenvalue weighted by atomic mass is 35.5. The molecule has 2 heterocycles. The average Bonchev–Trinajstić information content (AvgIpc) is 3.54. The second-order valence-electron chi connectivity index (χ2n) is 8.90. The number of halogens is 2. The summed E-state index contributed by atoms with van der Waals surface area (Å²) in [4.78, 5) is 27.6. The van der Waals surface area contributed by atoms with Crippen LogP contribution in [0.5, 0.6) is 0 Å². The fraction of sp³-hybridized carbons (Fsp3) is 0.133. The van der Waals surface area contributed by atoms with E-state index in [-0.39, 0.29) is 18.2 Å². The van der Waals surface area contributed by atoms with Gasteiger partial charge < -0.3 is 9.73 Å². The summed E-state index contributed by atoms with van der Waals surface area (Å²) in [5, 5.41) is 12.3. The lowest BCUT2D eigenvalue weighted by Gasteiger charge is -2.15. The van der Waals surface area contributed by atoms with E-state index in [0.717, 1.165) is 11.1 Å². The van der Waals surface area contributed by atoms with Crippen LogP contribution in [-0.2, 0) is 16.0 Å². The van der Waals surface area contributed by atoms with Crippen LogP contribution < -0.4 is 5.32 Å². The molecule has 40 heavy (non-hydrogen) atoms. The van der Waals surface area contributed by atoms with Crippen LogP contribution in [0.4, 0.5) is 5.69 Å². The second-order valence-corrected chi connectivity index (χ2v) is 10.9. The molecular weight excluding hydrogens is 567 g/mol. The molecule has 0 aliphatic carbocycles. The van der Waals surface area contributed by atoms with Crippen molar-refractivity contribution in [3.63, 3.8) is 0 Å². The van der Waals surface area contributed by atoms with Gasteiger partial charge in [0.15, 0.2) is 5.17 Å². The van der Waals surface area contributed by atoms with E-state index < -0.39 is 5.25 Å². The van der Waals surface area contributed by atoms with Crippen LogP contribution in [0.1, 0.15) is 17.7 Å². The van der Waals surface area contributed by atoms with Gasteiger partial charge in [0.1, 0.15) is 16.8 Å². The molecule has 0 saturated carbocycles. The fourth-order valence-electron chi connectivity index (χ4n) is 4.08. The first-order valence-corrected chi connectivity index (χ1v) is 14.1. The molecule has 1 aromatic heterocycles. The zero-order valence-corrected chi connectivity index (χ0v) is 23.5. The van der Waals surface area contributed by atoms with E-state index in [1.807, 2.05) is 54.6 Å². The first kappa shape index (κ1) is 27.7. The summed E-state index contributed by atoms with van der Waals surface area (Å²) >= 11 is 13.4. The molecule has 0 radical (unpaired) electrons. The van der Waals surface area contributed by atoms with E-state index in [1.54, 1.807) is 41.3 Å². The summed E-state index contributed by atoms with van der Waals surface area (Å²) in [7, 11) is 0. The Morgan fingerprint density at radius 1 is 0.975 bits per heavy atom. The lowest BCUT2D eigenvalue weighted by atomic mass is 10.1. The maximum atomic E-state index is 13.3. The minimum atomic E-state index is -0.618. The summed E-state index contributed by atoms with van der Waals surface area (Å²) in [5.41, 5.74) is 2.48. The van der Waals surface area contributed by atoms with Crippen molar-refractivity contribution in [2.75, 3.05) is 11.9 Å². The van der Waals surface area contributed by atoms with Gasteiger partial charge in [0.2, 0.25) is 11.8 Å². The summed E-state index contributed by atoms with van der Waals surface area (Å²) in [6.45, 7) is 0.414. The molecule has 202 valence electrons. The average molecular weight is 592 g/mol. The molecule has 7 nitrogen and oxygen atoms in total. The molecule has 10 heteroatoms. The number of nitrogens with one attached hydrogen (secondary N) is 1. The van der Waals surface area contributed by atoms with Crippen LogP contribution in [0, 0.1) is 0 Å². The van der Waals surface area contributed by atoms with Gasteiger partial charge in [-0.1, -0.05) is 77.4 Å². The number of thioether (sulfide) groups is 1. The zero-order chi connectivity index (χ0) is 27.9. The normalized spacial score (nSPS) is 16.2. The van der Waals surface area contributed by atoms with Crippen LogP contribution in [0.3, 0.4) is 0 Å². The van der Waals surface area contributed by atoms with Crippen molar-refractivity contribution >= 4 is 63.8 Å². The Morgan fingerprint density at radius 3 is 2.50 bits per heavy atom. The maximum Gasteiger partial charge on any atom is 0.242 e. The second kappa shape index (κ2) is 13.0. The lowest BCUT2D eigenvalue weighted by molar-refractivity contribution is -0.128. The minimum absolute atomic E-state index is 0.00389. The van der Waals surface area contributed by atoms with E-state index in [1.165, 1.54) is 18.0 Å². The molecule has 2 amide bonds. The van der Waals surface area contributed by atoms with Crippen LogP contribution in [0.25, 0.3) is 11.3 Å². The zero-order valence-electron chi connectivity index (χ0n) is 21.2. The van der Waals surface area contributed by atoms with Gasteiger partial charge in [-0.25, -0.2) is 0 Å². The van der Waals surface area contributed by atoms with E-state index in [4.69, 9.17) is 27.6 Å². The Labute approximate surface area is 245 Å². The molecule has 0 spiro atoms. The number of hydrogen-bond acceptors (Lipinski definition) is 6. The number of rotatable bonds is 9. The van der Waals surface area contributed by atoms with Gasteiger partial charge >= 0.3 is 0 Å². The molecule has 1 unspecified atom stereocenters. The minimum Gasteiger partial charge on any atom is -0.455 e. The maximum absolute atomic E-state index is 13.3. The van der Waals surface area contributed by atoms with Gasteiger partial charge in [-0.3, -0.25) is 14.5 Å². The Hall–Kier alpha value is -3.85. The van der Waals surface area contributed by atoms with Crippen molar-refractivity contribution in [3.8, 4) is 11.3 Å². The van der Waals surface area contributed by atoms with Crippen LogP contribution in [0.15, 0.2) is 106 Å². The summed E-state index contributed by atoms with van der Waals surface area (Å²) < 4.78 is 5.85. The third kappa shape index (κ3) is 7.01. The topological polar surface area (TPSA) is 87.3 Å². The molecule has 1 saturated heterocycles. The highest BCUT2D eigenvalue weighted by molar-refractivity contribution is 8.15. The van der Waals surface area contributed by atoms with E-state index in [0.29, 0.717) is 45.4 Å². The lowest BCUT2D eigenvalue weighted by Crippen LogP contribution is -2.35. The van der Waals surface area contributed by atoms with Gasteiger partial charge in [0, 0.05) is 29.2 Å². The number of amides is 2. The van der Waals surface area contributed by atoms with E-state index in [2.05, 4.69) is 15.5 Å². The standard InChI is InChI=1S/C30H24Cl2N4O3S/c31-21-10-12-22(13-11-21)34-28(37)18-27-29(38)36(17-16-20-6-2-1-3-7-20)30(40-27)35-33-19-23-14-15-26(39-23)24-8-4-5-9-25(24)32/h1-15,19,27H,16-18H2,(H,34,37)/b33-19+,35-30-. The van der Waals surface area contributed by atoms with Crippen molar-refractivity contribution in [3.05, 3.63) is 112 Å². The quantitative estimate of drug-likeness (QED) is 0.165. The smallest absolute Gasteiger partial charge is 0.242 e. The molecule has 1 atom stereocenters. The van der Waals surface area contributed by atoms with E-state index >= 15 is 0 Å². The number of furan rings is 1. The summed E-state index contributed by atoms with van der Waals surface area (Å²) in [6, 6.07) is 27.7. The Morgan fingerprint density at radius 2 is 1.73 bits per heavy atom.